The molecule has 0 atom stereocenters. The van der Waals surface area contributed by atoms with Gasteiger partial charge in [-0.15, -0.1) is 0 Å². The molecule has 0 spiro atoms. The summed E-state index contributed by atoms with van der Waals surface area (Å²) < 4.78 is 0. The maximum Gasteiger partial charge on any atom is 0.229 e. The van der Waals surface area contributed by atoms with E-state index in [1.165, 1.54) is 0 Å². The van der Waals surface area contributed by atoms with Crippen molar-refractivity contribution in [3.05, 3.63) is 54.9 Å². The van der Waals surface area contributed by atoms with E-state index in [9.17, 15) is 0 Å². The lowest BCUT2D eigenvalue weighted by molar-refractivity contribution is 0.626. The molecule has 0 amide bonds. The van der Waals surface area contributed by atoms with Crippen LogP contribution < -0.4 is 25.3 Å². The number of nitrogen functional groups attached to an aromatic ring is 1. The molecule has 5 heterocycles. The molecule has 9 nitrogen and oxygen atoms in total. The number of nitrogens with zero attached hydrogens (tertiary/aromatic N) is 8. The molecular weight excluding hydrogens is 390 g/mol. The van der Waals surface area contributed by atoms with Crippen molar-refractivity contribution in [1.82, 2.24) is 19.9 Å². The largest absolute Gasteiger partial charge is 0.383 e. The first-order chi connectivity index (χ1) is 15.3. The van der Waals surface area contributed by atoms with Crippen molar-refractivity contribution in [2.24, 2.45) is 0 Å². The molecule has 0 aromatic carbocycles. The third-order valence-corrected chi connectivity index (χ3v) is 5.83. The minimum atomic E-state index is 0.513. The van der Waals surface area contributed by atoms with E-state index in [1.54, 1.807) is 0 Å². The Balaban J connectivity index is 1.24. The second-order valence-electron chi connectivity index (χ2n) is 7.78. The van der Waals surface area contributed by atoms with Crippen LogP contribution in [0.25, 0.3) is 0 Å². The Morgan fingerprint density at radius 2 is 1.06 bits per heavy atom. The van der Waals surface area contributed by atoms with Gasteiger partial charge in [0.25, 0.3) is 0 Å². The summed E-state index contributed by atoms with van der Waals surface area (Å²) in [5.41, 5.74) is 6.16. The van der Waals surface area contributed by atoms with Crippen molar-refractivity contribution in [2.45, 2.75) is 0 Å². The fraction of sp³-hybridized carbons (Fsp3) is 0.364. The summed E-state index contributed by atoms with van der Waals surface area (Å²) in [5.74, 6) is 4.16. The molecule has 5 rings (SSSR count). The highest BCUT2D eigenvalue weighted by atomic mass is 15.4. The van der Waals surface area contributed by atoms with Gasteiger partial charge in [-0.25, -0.2) is 9.97 Å². The molecule has 2 saturated heterocycles. The van der Waals surface area contributed by atoms with E-state index in [1.807, 2.05) is 42.7 Å². The maximum atomic E-state index is 6.16. The highest BCUT2D eigenvalue weighted by Gasteiger charge is 2.23. The second-order valence-corrected chi connectivity index (χ2v) is 7.78. The number of hydrogen-bond donors (Lipinski definition) is 1. The molecule has 0 bridgehead atoms. The van der Waals surface area contributed by atoms with Crippen molar-refractivity contribution in [3.63, 3.8) is 0 Å². The van der Waals surface area contributed by atoms with E-state index < -0.39 is 0 Å². The lowest BCUT2D eigenvalue weighted by atomic mass is 10.3. The Labute approximate surface area is 182 Å². The quantitative estimate of drug-likeness (QED) is 0.678. The topological polar surface area (TPSA) is 90.5 Å². The van der Waals surface area contributed by atoms with Gasteiger partial charge in [0.1, 0.15) is 23.3 Å². The first-order valence-electron chi connectivity index (χ1n) is 10.7. The van der Waals surface area contributed by atoms with Crippen molar-refractivity contribution >= 4 is 29.2 Å². The van der Waals surface area contributed by atoms with E-state index in [0.29, 0.717) is 11.8 Å². The van der Waals surface area contributed by atoms with E-state index in [2.05, 4.69) is 46.7 Å². The molecule has 0 unspecified atom stereocenters. The minimum absolute atomic E-state index is 0.513. The minimum Gasteiger partial charge on any atom is -0.383 e. The highest BCUT2D eigenvalue weighted by Crippen LogP contribution is 2.23. The zero-order valence-electron chi connectivity index (χ0n) is 17.5. The van der Waals surface area contributed by atoms with Gasteiger partial charge in [-0.3, -0.25) is 0 Å². The maximum absolute atomic E-state index is 6.16. The fourth-order valence-electron chi connectivity index (χ4n) is 4.12. The number of pyridine rings is 2. The number of rotatable bonds is 4. The summed E-state index contributed by atoms with van der Waals surface area (Å²) in [6.45, 7) is 7.00. The standard InChI is InChI=1S/C22H27N9/c23-18-17-21(30-11-9-28(10-12-30)19-5-1-3-7-24-19)27-22(26-18)31-15-13-29(14-16-31)20-6-2-4-8-25-20/h1-8,17H,9-16H2,(H2,23,26,27). The van der Waals surface area contributed by atoms with Crippen molar-refractivity contribution in [2.75, 3.05) is 77.7 Å². The monoisotopic (exact) mass is 417 g/mol. The highest BCUT2D eigenvalue weighted by molar-refractivity contribution is 5.54. The molecule has 2 N–H and O–H groups in total. The normalized spacial score (nSPS) is 17.2. The summed E-state index contributed by atoms with van der Waals surface area (Å²) in [6.07, 6.45) is 3.68. The SMILES string of the molecule is Nc1cc(N2CCN(c3ccccn3)CC2)nc(N2CCN(c3ccccn3)CC2)n1. The number of anilines is 5. The zero-order valence-corrected chi connectivity index (χ0v) is 17.5. The van der Waals surface area contributed by atoms with Crippen LogP contribution >= 0.6 is 0 Å². The van der Waals surface area contributed by atoms with E-state index in [0.717, 1.165) is 69.8 Å². The van der Waals surface area contributed by atoms with Crippen molar-refractivity contribution < 1.29 is 0 Å². The number of hydrogen-bond acceptors (Lipinski definition) is 9. The molecule has 2 fully saturated rings. The summed E-state index contributed by atoms with van der Waals surface area (Å²) >= 11 is 0. The van der Waals surface area contributed by atoms with E-state index in [4.69, 9.17) is 10.7 Å². The Bertz CT molecular complexity index is 905. The summed E-state index contributed by atoms with van der Waals surface area (Å²) in [5, 5.41) is 0. The van der Waals surface area contributed by atoms with Gasteiger partial charge in [-0.1, -0.05) is 12.1 Å². The van der Waals surface area contributed by atoms with Gasteiger partial charge in [-0.05, 0) is 24.3 Å². The number of nitrogens with two attached hydrogens (primary N) is 1. The van der Waals surface area contributed by atoms with Crippen LogP contribution in [0.1, 0.15) is 0 Å². The van der Waals surface area contributed by atoms with Crippen molar-refractivity contribution in [3.8, 4) is 0 Å². The van der Waals surface area contributed by atoms with Gasteiger partial charge < -0.3 is 25.3 Å². The fourth-order valence-corrected chi connectivity index (χ4v) is 4.12. The van der Waals surface area contributed by atoms with Gasteiger partial charge >= 0.3 is 0 Å². The van der Waals surface area contributed by atoms with Crippen molar-refractivity contribution in [1.29, 1.82) is 0 Å². The Kier molecular flexibility index (Phi) is 5.39. The molecule has 160 valence electrons. The van der Waals surface area contributed by atoms with Crippen LogP contribution in [0.2, 0.25) is 0 Å². The van der Waals surface area contributed by atoms with Gasteiger partial charge in [0.2, 0.25) is 5.95 Å². The Hall–Kier alpha value is -3.62. The van der Waals surface area contributed by atoms with Gasteiger partial charge in [0, 0.05) is 70.8 Å². The molecule has 0 saturated carbocycles. The van der Waals surface area contributed by atoms with E-state index >= 15 is 0 Å². The third-order valence-electron chi connectivity index (χ3n) is 5.83. The molecule has 3 aromatic heterocycles. The molecule has 3 aromatic rings. The lowest BCUT2D eigenvalue weighted by Gasteiger charge is -2.37. The Morgan fingerprint density at radius 1 is 0.581 bits per heavy atom. The van der Waals surface area contributed by atoms with Crippen LogP contribution in [0, 0.1) is 0 Å². The average Bonchev–Trinajstić information content (AvgIpc) is 2.85. The predicted octanol–water partition coefficient (Wildman–Crippen LogP) is 1.50. The molecule has 2 aliphatic rings. The zero-order chi connectivity index (χ0) is 21.0. The average molecular weight is 418 g/mol. The first kappa shape index (κ1) is 19.3. The van der Waals surface area contributed by atoms with Crippen LogP contribution in [0.4, 0.5) is 29.2 Å². The van der Waals surface area contributed by atoms with Crippen LogP contribution in [0.3, 0.4) is 0 Å². The van der Waals surface area contributed by atoms with Crippen LogP contribution in [0.5, 0.6) is 0 Å². The first-order valence-corrected chi connectivity index (χ1v) is 10.7. The van der Waals surface area contributed by atoms with Crippen LogP contribution in [-0.4, -0.2) is 72.3 Å². The van der Waals surface area contributed by atoms with E-state index in [-0.39, 0.29) is 0 Å². The van der Waals surface area contributed by atoms with Crippen LogP contribution in [0.15, 0.2) is 54.9 Å². The summed E-state index contributed by atoms with van der Waals surface area (Å²) in [7, 11) is 0. The van der Waals surface area contributed by atoms with Gasteiger partial charge in [0.15, 0.2) is 0 Å². The molecular formula is C22H27N9. The predicted molar refractivity (Wildman–Crippen MR) is 124 cm³/mol. The summed E-state index contributed by atoms with van der Waals surface area (Å²) in [4.78, 5) is 27.4. The second kappa shape index (κ2) is 8.63. The summed E-state index contributed by atoms with van der Waals surface area (Å²) in [6, 6.07) is 13.9. The third kappa shape index (κ3) is 4.30. The number of aromatic nitrogens is 4. The van der Waals surface area contributed by atoms with Crippen LogP contribution in [-0.2, 0) is 0 Å². The molecule has 31 heavy (non-hydrogen) atoms. The van der Waals surface area contributed by atoms with Gasteiger partial charge in [-0.2, -0.15) is 9.97 Å². The smallest absolute Gasteiger partial charge is 0.229 e. The Morgan fingerprint density at radius 3 is 1.55 bits per heavy atom. The molecule has 0 radical (unpaired) electrons. The van der Waals surface area contributed by atoms with Gasteiger partial charge in [0.05, 0.1) is 0 Å². The number of piperazine rings is 2. The molecule has 0 aliphatic carbocycles. The molecule has 2 aliphatic heterocycles. The molecule has 9 heteroatoms. The lowest BCUT2D eigenvalue weighted by Crippen LogP contribution is -2.48.